The third-order valence-electron chi connectivity index (χ3n) is 7.02. The SMILES string of the molecule is C#CC(O)(c1ccccc1)c1ccc(C2(c3ccccc3)C=Cc3c(ccc4ccccc34)O2)cc1. The predicted octanol–water partition coefficient (Wildman–Crippen LogP) is 7.06. The molecule has 0 fully saturated rings. The van der Waals surface area contributed by atoms with Crippen molar-refractivity contribution in [3.63, 3.8) is 0 Å². The van der Waals surface area contributed by atoms with Gasteiger partial charge >= 0.3 is 0 Å². The summed E-state index contributed by atoms with van der Waals surface area (Å²) in [5.74, 6) is 3.42. The molecule has 0 aromatic heterocycles. The molecular formula is C34H24O2. The molecule has 2 atom stereocenters. The molecule has 0 amide bonds. The maximum atomic E-state index is 11.4. The summed E-state index contributed by atoms with van der Waals surface area (Å²) in [7, 11) is 0. The van der Waals surface area contributed by atoms with Gasteiger partial charge in [0, 0.05) is 27.8 Å². The van der Waals surface area contributed by atoms with Crippen molar-refractivity contribution in [2.24, 2.45) is 0 Å². The van der Waals surface area contributed by atoms with E-state index in [1.165, 1.54) is 5.39 Å². The Morgan fingerprint density at radius 1 is 0.667 bits per heavy atom. The topological polar surface area (TPSA) is 29.5 Å². The molecule has 1 N–H and O–H groups in total. The minimum Gasteiger partial charge on any atom is -0.473 e. The predicted molar refractivity (Wildman–Crippen MR) is 146 cm³/mol. The van der Waals surface area contributed by atoms with Crippen molar-refractivity contribution < 1.29 is 9.84 Å². The third kappa shape index (κ3) is 3.41. The van der Waals surface area contributed by atoms with Gasteiger partial charge in [-0.25, -0.2) is 0 Å². The van der Waals surface area contributed by atoms with Gasteiger partial charge in [-0.15, -0.1) is 6.42 Å². The first kappa shape index (κ1) is 21.9. The Morgan fingerprint density at radius 3 is 2.00 bits per heavy atom. The van der Waals surface area contributed by atoms with E-state index in [1.807, 2.05) is 91.0 Å². The van der Waals surface area contributed by atoms with E-state index in [1.54, 1.807) is 0 Å². The van der Waals surface area contributed by atoms with E-state index in [4.69, 9.17) is 11.2 Å². The molecule has 0 saturated carbocycles. The summed E-state index contributed by atoms with van der Waals surface area (Å²) in [6.07, 6.45) is 10.1. The number of hydrogen-bond donors (Lipinski definition) is 1. The van der Waals surface area contributed by atoms with Crippen LogP contribution >= 0.6 is 0 Å². The van der Waals surface area contributed by atoms with Crippen molar-refractivity contribution in [3.8, 4) is 18.1 Å². The minimum atomic E-state index is -1.52. The molecule has 6 rings (SSSR count). The lowest BCUT2D eigenvalue weighted by Crippen LogP contribution is -2.34. The van der Waals surface area contributed by atoms with Gasteiger partial charge in [-0.05, 0) is 29.0 Å². The second-order valence-corrected chi connectivity index (χ2v) is 9.03. The fourth-order valence-corrected chi connectivity index (χ4v) is 5.08. The smallest absolute Gasteiger partial charge is 0.178 e. The summed E-state index contributed by atoms with van der Waals surface area (Å²) >= 11 is 0. The molecule has 0 spiro atoms. The number of rotatable bonds is 4. The number of hydrogen-bond acceptors (Lipinski definition) is 2. The van der Waals surface area contributed by atoms with Crippen LogP contribution in [-0.4, -0.2) is 5.11 Å². The Morgan fingerprint density at radius 2 is 1.28 bits per heavy atom. The number of terminal acetylenes is 1. The first-order valence-corrected chi connectivity index (χ1v) is 12.0. The van der Waals surface area contributed by atoms with Crippen LogP contribution in [0.4, 0.5) is 0 Å². The van der Waals surface area contributed by atoms with Crippen molar-refractivity contribution in [2.75, 3.05) is 0 Å². The average Bonchev–Trinajstić information content (AvgIpc) is 2.97. The zero-order valence-electron chi connectivity index (χ0n) is 19.6. The molecule has 2 unspecified atom stereocenters. The molecule has 2 nitrogen and oxygen atoms in total. The Hall–Kier alpha value is -4.58. The van der Waals surface area contributed by atoms with Gasteiger partial charge in [0.15, 0.2) is 11.2 Å². The van der Waals surface area contributed by atoms with Crippen LogP contribution in [0.15, 0.2) is 127 Å². The molecule has 1 aliphatic rings. The standard InChI is InChI=1S/C34H24O2/c1-2-33(35,26-12-5-3-6-13-26)27-18-20-29(21-19-27)34(28-14-7-4-8-15-28)24-23-31-30-16-10-9-11-25(30)17-22-32(31)36-34/h1,3-24,35H. The molecule has 36 heavy (non-hydrogen) atoms. The Labute approximate surface area is 211 Å². The average molecular weight is 465 g/mol. The van der Waals surface area contributed by atoms with E-state index < -0.39 is 11.2 Å². The lowest BCUT2D eigenvalue weighted by Gasteiger charge is -2.36. The third-order valence-corrected chi connectivity index (χ3v) is 7.02. The van der Waals surface area contributed by atoms with Gasteiger partial charge in [-0.2, -0.15) is 0 Å². The van der Waals surface area contributed by atoms with Crippen LogP contribution in [0.3, 0.4) is 0 Å². The summed E-state index contributed by atoms with van der Waals surface area (Å²) in [4.78, 5) is 0. The Balaban J connectivity index is 1.48. The lowest BCUT2D eigenvalue weighted by atomic mass is 9.81. The maximum absolute atomic E-state index is 11.4. The number of benzene rings is 5. The highest BCUT2D eigenvalue weighted by Gasteiger charge is 2.38. The van der Waals surface area contributed by atoms with E-state index in [0.29, 0.717) is 11.1 Å². The number of ether oxygens (including phenoxy) is 1. The Kier molecular flexibility index (Phi) is 5.22. The molecule has 2 heteroatoms. The zero-order valence-corrected chi connectivity index (χ0v) is 19.6. The fourth-order valence-electron chi connectivity index (χ4n) is 5.08. The van der Waals surface area contributed by atoms with Crippen LogP contribution in [0, 0.1) is 12.3 Å². The normalized spacial score (nSPS) is 18.0. The first-order chi connectivity index (χ1) is 17.6. The molecule has 0 radical (unpaired) electrons. The van der Waals surface area contributed by atoms with Crippen molar-refractivity contribution in [1.29, 1.82) is 0 Å². The van der Waals surface area contributed by atoms with E-state index in [0.717, 1.165) is 27.8 Å². The van der Waals surface area contributed by atoms with Crippen LogP contribution in [0.25, 0.3) is 16.8 Å². The van der Waals surface area contributed by atoms with Crippen molar-refractivity contribution in [3.05, 3.63) is 155 Å². The van der Waals surface area contributed by atoms with Gasteiger partial charge in [0.25, 0.3) is 0 Å². The maximum Gasteiger partial charge on any atom is 0.178 e. The quantitative estimate of drug-likeness (QED) is 0.289. The van der Waals surface area contributed by atoms with Gasteiger partial charge in [0.1, 0.15) is 5.75 Å². The van der Waals surface area contributed by atoms with E-state index in [9.17, 15) is 5.11 Å². The highest BCUT2D eigenvalue weighted by atomic mass is 16.5. The summed E-state index contributed by atoms with van der Waals surface area (Å²) in [6.45, 7) is 0. The molecule has 1 heterocycles. The van der Waals surface area contributed by atoms with Crippen molar-refractivity contribution in [2.45, 2.75) is 11.2 Å². The summed E-state index contributed by atoms with van der Waals surface area (Å²) in [5.41, 5.74) is 1.98. The van der Waals surface area contributed by atoms with Crippen LogP contribution in [-0.2, 0) is 11.2 Å². The number of aliphatic hydroxyl groups is 1. The molecule has 5 aromatic carbocycles. The molecule has 0 saturated heterocycles. The molecule has 1 aliphatic heterocycles. The second kappa shape index (κ2) is 8.57. The van der Waals surface area contributed by atoms with E-state index in [-0.39, 0.29) is 0 Å². The van der Waals surface area contributed by atoms with E-state index in [2.05, 4.69) is 48.4 Å². The van der Waals surface area contributed by atoms with Crippen molar-refractivity contribution >= 4 is 16.8 Å². The van der Waals surface area contributed by atoms with Gasteiger partial charge in [-0.3, -0.25) is 0 Å². The van der Waals surface area contributed by atoms with E-state index >= 15 is 0 Å². The van der Waals surface area contributed by atoms with Crippen LogP contribution < -0.4 is 4.74 Å². The molecule has 172 valence electrons. The summed E-state index contributed by atoms with van der Waals surface area (Å²) in [6, 6.07) is 39.7. The molecule has 5 aromatic rings. The molecule has 0 aliphatic carbocycles. The lowest BCUT2D eigenvalue weighted by molar-refractivity contribution is 0.144. The zero-order chi connectivity index (χ0) is 24.6. The molecular weight excluding hydrogens is 440 g/mol. The van der Waals surface area contributed by atoms with Gasteiger partial charge < -0.3 is 9.84 Å². The largest absolute Gasteiger partial charge is 0.473 e. The van der Waals surface area contributed by atoms with Crippen LogP contribution in [0.5, 0.6) is 5.75 Å². The first-order valence-electron chi connectivity index (χ1n) is 12.0. The van der Waals surface area contributed by atoms with Gasteiger partial charge in [-0.1, -0.05) is 121 Å². The van der Waals surface area contributed by atoms with Crippen LogP contribution in [0.1, 0.15) is 27.8 Å². The highest BCUT2D eigenvalue weighted by Crippen LogP contribution is 2.44. The summed E-state index contributed by atoms with van der Waals surface area (Å²) < 4.78 is 6.85. The number of fused-ring (bicyclic) bond motifs is 3. The van der Waals surface area contributed by atoms with Crippen molar-refractivity contribution in [1.82, 2.24) is 0 Å². The summed E-state index contributed by atoms with van der Waals surface area (Å²) in [5, 5.41) is 13.7. The monoisotopic (exact) mass is 464 g/mol. The fraction of sp³-hybridized carbons (Fsp3) is 0.0588. The second-order valence-electron chi connectivity index (χ2n) is 9.03. The Bertz CT molecular complexity index is 1610. The molecule has 0 bridgehead atoms. The van der Waals surface area contributed by atoms with Gasteiger partial charge in [0.05, 0.1) is 0 Å². The van der Waals surface area contributed by atoms with Crippen LogP contribution in [0.2, 0.25) is 0 Å². The minimum absolute atomic E-state index is 0.634. The highest BCUT2D eigenvalue weighted by molar-refractivity contribution is 5.94. The van der Waals surface area contributed by atoms with Gasteiger partial charge in [0.2, 0.25) is 0 Å².